The van der Waals surface area contributed by atoms with Crippen LogP contribution in [0, 0.1) is 18.3 Å². The summed E-state index contributed by atoms with van der Waals surface area (Å²) in [6.45, 7) is 13.7. The Balaban J connectivity index is 2.25. The van der Waals surface area contributed by atoms with Crippen molar-refractivity contribution >= 4 is 45.5 Å². The zero-order chi connectivity index (χ0) is 22.6. The van der Waals surface area contributed by atoms with E-state index in [9.17, 15) is 9.59 Å². The summed E-state index contributed by atoms with van der Waals surface area (Å²) in [5.41, 5.74) is 1.27. The highest BCUT2D eigenvalue weighted by atomic mass is 32.1. The summed E-state index contributed by atoms with van der Waals surface area (Å²) in [6, 6.07) is 0.281. The van der Waals surface area contributed by atoms with Crippen LogP contribution in [0.4, 0.5) is 5.00 Å². The molecule has 1 aromatic rings. The van der Waals surface area contributed by atoms with Gasteiger partial charge in [-0.3, -0.25) is 4.79 Å². The highest BCUT2D eigenvalue weighted by Gasteiger charge is 2.33. The molecule has 1 fully saturated rings. The van der Waals surface area contributed by atoms with E-state index in [1.165, 1.54) is 24.9 Å². The van der Waals surface area contributed by atoms with E-state index in [-0.39, 0.29) is 17.4 Å². The van der Waals surface area contributed by atoms with E-state index in [4.69, 9.17) is 17.0 Å². The van der Waals surface area contributed by atoms with Crippen molar-refractivity contribution in [2.75, 3.05) is 25.5 Å². The van der Waals surface area contributed by atoms with Gasteiger partial charge < -0.3 is 20.3 Å². The van der Waals surface area contributed by atoms with Crippen molar-refractivity contribution in [1.82, 2.24) is 10.2 Å². The predicted molar refractivity (Wildman–Crippen MR) is 128 cm³/mol. The Hall–Kier alpha value is -1.67. The second-order valence-electron chi connectivity index (χ2n) is 8.94. The average Bonchev–Trinajstić information content (AvgIpc) is 2.95. The maximum Gasteiger partial charge on any atom is 0.341 e. The molecule has 0 spiro atoms. The molecule has 0 radical (unpaired) electrons. The summed E-state index contributed by atoms with van der Waals surface area (Å²) in [4.78, 5) is 27.7. The number of carbonyl (C=O) groups excluding carboxylic acids is 2. The maximum absolute atomic E-state index is 12.9. The van der Waals surface area contributed by atoms with Crippen LogP contribution in [0.25, 0.3) is 0 Å². The molecule has 0 bridgehead atoms. The van der Waals surface area contributed by atoms with Crippen molar-refractivity contribution < 1.29 is 14.3 Å². The van der Waals surface area contributed by atoms with Crippen LogP contribution in [0.1, 0.15) is 79.5 Å². The van der Waals surface area contributed by atoms with E-state index >= 15 is 0 Å². The molecule has 1 aliphatic rings. The normalized spacial score (nSPS) is 20.4. The number of carbonyl (C=O) groups is 2. The lowest BCUT2D eigenvalue weighted by atomic mass is 9.71. The van der Waals surface area contributed by atoms with Crippen molar-refractivity contribution in [3.63, 3.8) is 0 Å². The first kappa shape index (κ1) is 24.6. The first-order chi connectivity index (χ1) is 14.0. The van der Waals surface area contributed by atoms with Gasteiger partial charge in [0, 0.05) is 19.1 Å². The van der Waals surface area contributed by atoms with Gasteiger partial charge in [-0.1, -0.05) is 20.8 Å². The number of hydrogen-bond acceptors (Lipinski definition) is 5. The fraction of sp³-hybridized carbons (Fsp3) is 0.682. The second kappa shape index (κ2) is 10.1. The SMILES string of the molecule is CCN(CC)C(=O)c1sc(NC(=S)NC2CC(C)CC(C)(C)C2)c(C(=O)OC)c1C. The molecule has 1 aliphatic carbocycles. The first-order valence-corrected chi connectivity index (χ1v) is 11.8. The Morgan fingerprint density at radius 3 is 2.43 bits per heavy atom. The summed E-state index contributed by atoms with van der Waals surface area (Å²) in [7, 11) is 1.34. The molecule has 30 heavy (non-hydrogen) atoms. The highest BCUT2D eigenvalue weighted by molar-refractivity contribution is 7.80. The summed E-state index contributed by atoms with van der Waals surface area (Å²) < 4.78 is 4.98. The van der Waals surface area contributed by atoms with Gasteiger partial charge in [0.05, 0.1) is 17.6 Å². The summed E-state index contributed by atoms with van der Waals surface area (Å²) in [6.07, 6.45) is 3.31. The minimum atomic E-state index is -0.472. The zero-order valence-corrected chi connectivity index (χ0v) is 20.8. The number of ether oxygens (including phenoxy) is 1. The number of anilines is 1. The van der Waals surface area contributed by atoms with Gasteiger partial charge in [0.15, 0.2) is 5.11 Å². The van der Waals surface area contributed by atoms with Gasteiger partial charge >= 0.3 is 5.97 Å². The lowest BCUT2D eigenvalue weighted by Crippen LogP contribution is -2.44. The molecule has 6 nitrogen and oxygen atoms in total. The molecular formula is C22H35N3O3S2. The van der Waals surface area contributed by atoms with Crippen molar-refractivity contribution in [1.29, 1.82) is 0 Å². The standard InChI is InChI=1S/C22H35N3O3S2/c1-8-25(9-2)19(26)17-14(4)16(20(27)28-7)18(30-17)24-21(29)23-15-10-13(3)11-22(5,6)12-15/h13,15H,8-12H2,1-7H3,(H2,23,24,29). The number of nitrogens with one attached hydrogen (secondary N) is 2. The summed E-state index contributed by atoms with van der Waals surface area (Å²) in [5.74, 6) is 0.0736. The summed E-state index contributed by atoms with van der Waals surface area (Å²) >= 11 is 6.82. The number of thiophene rings is 1. The van der Waals surface area contributed by atoms with Crippen LogP contribution < -0.4 is 10.6 Å². The van der Waals surface area contributed by atoms with E-state index in [0.29, 0.717) is 45.1 Å². The molecule has 2 unspecified atom stereocenters. The molecule has 1 heterocycles. The predicted octanol–water partition coefficient (Wildman–Crippen LogP) is 4.83. The Labute approximate surface area is 189 Å². The number of rotatable bonds is 6. The third-order valence-corrected chi connectivity index (χ3v) is 7.15. The number of methoxy groups -OCH3 is 1. The molecule has 168 valence electrons. The van der Waals surface area contributed by atoms with Gasteiger partial charge in [-0.25, -0.2) is 4.79 Å². The largest absolute Gasteiger partial charge is 0.465 e. The molecular weight excluding hydrogens is 418 g/mol. The van der Waals surface area contributed by atoms with E-state index < -0.39 is 5.97 Å². The number of thiocarbonyl (C=S) groups is 1. The molecule has 2 rings (SSSR count). The van der Waals surface area contributed by atoms with Gasteiger partial charge in [0.1, 0.15) is 5.00 Å². The third-order valence-electron chi connectivity index (χ3n) is 5.73. The molecule has 0 aromatic carbocycles. The van der Waals surface area contributed by atoms with E-state index in [0.717, 1.165) is 12.8 Å². The van der Waals surface area contributed by atoms with Gasteiger partial charge in [-0.05, 0) is 69.1 Å². The lowest BCUT2D eigenvalue weighted by molar-refractivity contribution is 0.0601. The molecule has 1 saturated carbocycles. The van der Waals surface area contributed by atoms with Gasteiger partial charge in [-0.15, -0.1) is 11.3 Å². The number of amides is 1. The number of esters is 1. The Bertz CT molecular complexity index is 800. The second-order valence-corrected chi connectivity index (χ2v) is 10.4. The van der Waals surface area contributed by atoms with E-state index in [2.05, 4.69) is 31.4 Å². The van der Waals surface area contributed by atoms with Crippen LogP contribution in [0.2, 0.25) is 0 Å². The quantitative estimate of drug-likeness (QED) is 0.475. The summed E-state index contributed by atoms with van der Waals surface area (Å²) in [5, 5.41) is 7.62. The lowest BCUT2D eigenvalue weighted by Gasteiger charge is -2.39. The first-order valence-electron chi connectivity index (χ1n) is 10.6. The fourth-order valence-electron chi connectivity index (χ4n) is 4.59. The Kier molecular flexibility index (Phi) is 8.27. The minimum Gasteiger partial charge on any atom is -0.465 e. The van der Waals surface area contributed by atoms with Gasteiger partial charge in [0.2, 0.25) is 0 Å². The third kappa shape index (κ3) is 5.72. The molecule has 8 heteroatoms. The van der Waals surface area contributed by atoms with Gasteiger partial charge in [0.25, 0.3) is 5.91 Å². The molecule has 2 atom stereocenters. The molecule has 2 N–H and O–H groups in total. The van der Waals surface area contributed by atoms with Crippen molar-refractivity contribution in [3.05, 3.63) is 16.0 Å². The highest BCUT2D eigenvalue weighted by Crippen LogP contribution is 2.39. The van der Waals surface area contributed by atoms with E-state index in [1.54, 1.807) is 11.8 Å². The van der Waals surface area contributed by atoms with Crippen LogP contribution in [-0.4, -0.2) is 48.1 Å². The number of hydrogen-bond donors (Lipinski definition) is 2. The Morgan fingerprint density at radius 2 is 1.90 bits per heavy atom. The smallest absolute Gasteiger partial charge is 0.341 e. The Morgan fingerprint density at radius 1 is 1.27 bits per heavy atom. The van der Waals surface area contributed by atoms with Crippen LogP contribution in [0.15, 0.2) is 0 Å². The van der Waals surface area contributed by atoms with Crippen molar-refractivity contribution in [2.45, 2.75) is 66.8 Å². The van der Waals surface area contributed by atoms with Gasteiger partial charge in [-0.2, -0.15) is 0 Å². The fourth-order valence-corrected chi connectivity index (χ4v) is 6.09. The number of nitrogens with zero attached hydrogens (tertiary/aromatic N) is 1. The molecule has 1 amide bonds. The average molecular weight is 454 g/mol. The van der Waals surface area contributed by atoms with Crippen LogP contribution in [0.3, 0.4) is 0 Å². The molecule has 1 aromatic heterocycles. The molecule has 0 aliphatic heterocycles. The molecule has 0 saturated heterocycles. The van der Waals surface area contributed by atoms with Crippen molar-refractivity contribution in [2.24, 2.45) is 11.3 Å². The monoisotopic (exact) mass is 453 g/mol. The van der Waals surface area contributed by atoms with Crippen LogP contribution in [-0.2, 0) is 4.74 Å². The van der Waals surface area contributed by atoms with E-state index in [1.807, 2.05) is 13.8 Å². The van der Waals surface area contributed by atoms with Crippen LogP contribution >= 0.6 is 23.6 Å². The maximum atomic E-state index is 12.9. The minimum absolute atomic E-state index is 0.0811. The zero-order valence-electron chi connectivity index (χ0n) is 19.2. The van der Waals surface area contributed by atoms with Crippen LogP contribution in [0.5, 0.6) is 0 Å². The topological polar surface area (TPSA) is 70.7 Å². The van der Waals surface area contributed by atoms with Crippen molar-refractivity contribution in [3.8, 4) is 0 Å².